The van der Waals surface area contributed by atoms with E-state index in [-0.39, 0.29) is 17.6 Å². The number of carbonyl (C=O) groups is 2. The number of thiazole rings is 1. The lowest BCUT2D eigenvalue weighted by Crippen LogP contribution is -2.17. The van der Waals surface area contributed by atoms with Crippen LogP contribution in [0.2, 0.25) is 0 Å². The fourth-order valence-electron chi connectivity index (χ4n) is 4.97. The highest BCUT2D eigenvalue weighted by molar-refractivity contribution is 7.23. The summed E-state index contributed by atoms with van der Waals surface area (Å²) in [4.78, 5) is 30.5. The van der Waals surface area contributed by atoms with E-state index in [1.165, 1.54) is 11.3 Å². The van der Waals surface area contributed by atoms with Gasteiger partial charge in [-0.2, -0.15) is 0 Å². The summed E-state index contributed by atoms with van der Waals surface area (Å²) in [5.41, 5.74) is 6.23. The Morgan fingerprint density at radius 2 is 1.86 bits per heavy atom. The Balaban J connectivity index is 1.26. The number of aliphatic hydroxyl groups is 1. The first-order valence-corrected chi connectivity index (χ1v) is 12.4. The third-order valence-electron chi connectivity index (χ3n) is 6.84. The number of nitrogens with one attached hydrogen (secondary N) is 1. The minimum Gasteiger partial charge on any atom is -0.392 e. The molecule has 2 N–H and O–H groups in total. The number of nitrogens with zero attached hydrogens (tertiary/aromatic N) is 2. The van der Waals surface area contributed by atoms with Crippen molar-refractivity contribution in [2.75, 3.05) is 7.05 Å². The Morgan fingerprint density at radius 1 is 1.09 bits per heavy atom. The molecule has 1 aliphatic rings. The molecule has 0 aliphatic heterocycles. The van der Waals surface area contributed by atoms with Crippen molar-refractivity contribution in [2.45, 2.75) is 24.9 Å². The number of fused-ring (bicyclic) bond motifs is 4. The number of benzene rings is 3. The van der Waals surface area contributed by atoms with Crippen molar-refractivity contribution in [1.29, 1.82) is 0 Å². The van der Waals surface area contributed by atoms with Crippen LogP contribution in [-0.2, 0) is 6.42 Å². The lowest BCUT2D eigenvalue weighted by molar-refractivity contribution is 0.0920. The van der Waals surface area contributed by atoms with Crippen molar-refractivity contribution in [2.24, 2.45) is 0 Å². The van der Waals surface area contributed by atoms with Gasteiger partial charge in [-0.15, -0.1) is 0 Å². The van der Waals surface area contributed by atoms with Crippen molar-refractivity contribution < 1.29 is 14.7 Å². The molecule has 7 heteroatoms. The highest BCUT2D eigenvalue weighted by atomic mass is 32.1. The monoisotopic (exact) mass is 481 g/mol. The summed E-state index contributed by atoms with van der Waals surface area (Å²) in [5.74, 6) is -0.242. The fourth-order valence-corrected chi connectivity index (χ4v) is 6.02. The van der Waals surface area contributed by atoms with Gasteiger partial charge in [0.15, 0.2) is 10.7 Å². The Labute approximate surface area is 205 Å². The van der Waals surface area contributed by atoms with E-state index >= 15 is 0 Å². The largest absolute Gasteiger partial charge is 0.392 e. The third kappa shape index (κ3) is 3.73. The van der Waals surface area contributed by atoms with Gasteiger partial charge in [-0.05, 0) is 47.9 Å². The van der Waals surface area contributed by atoms with Gasteiger partial charge in [-0.25, -0.2) is 4.98 Å². The van der Waals surface area contributed by atoms with Gasteiger partial charge in [0.1, 0.15) is 0 Å². The highest BCUT2D eigenvalue weighted by Crippen LogP contribution is 2.37. The maximum atomic E-state index is 13.1. The highest BCUT2D eigenvalue weighted by Gasteiger charge is 2.32. The average Bonchev–Trinajstić information content (AvgIpc) is 3.54. The average molecular weight is 482 g/mol. The first-order chi connectivity index (χ1) is 17.0. The predicted molar refractivity (Wildman–Crippen MR) is 137 cm³/mol. The van der Waals surface area contributed by atoms with Crippen molar-refractivity contribution >= 4 is 38.2 Å². The first-order valence-electron chi connectivity index (χ1n) is 11.5. The SMILES string of the molecule is CNC(=O)c1ccc(-c2cn3c(n2)sc2cc(C(=O)C[C@H]4c5ccccc5C[C@H]4O)ccc23)cc1. The maximum absolute atomic E-state index is 13.1. The Morgan fingerprint density at radius 3 is 2.66 bits per heavy atom. The van der Waals surface area contributed by atoms with Gasteiger partial charge in [0, 0.05) is 42.3 Å². The van der Waals surface area contributed by atoms with Crippen LogP contribution >= 0.6 is 11.3 Å². The summed E-state index contributed by atoms with van der Waals surface area (Å²) in [6, 6.07) is 21.1. The van der Waals surface area contributed by atoms with Gasteiger partial charge >= 0.3 is 0 Å². The van der Waals surface area contributed by atoms with E-state index in [1.807, 2.05) is 65.2 Å². The molecule has 174 valence electrons. The minimum absolute atomic E-state index is 0.0376. The van der Waals surface area contributed by atoms with Crippen molar-refractivity contribution in [1.82, 2.24) is 14.7 Å². The Kier molecular flexibility index (Phi) is 5.24. The zero-order chi connectivity index (χ0) is 24.1. The molecular weight excluding hydrogens is 458 g/mol. The smallest absolute Gasteiger partial charge is 0.251 e. The topological polar surface area (TPSA) is 83.7 Å². The molecule has 2 aromatic heterocycles. The van der Waals surface area contributed by atoms with Gasteiger partial charge < -0.3 is 10.4 Å². The van der Waals surface area contributed by atoms with E-state index in [1.54, 1.807) is 19.2 Å². The summed E-state index contributed by atoms with van der Waals surface area (Å²) in [6.07, 6.45) is 2.36. The van der Waals surface area contributed by atoms with Crippen LogP contribution in [0.4, 0.5) is 0 Å². The summed E-state index contributed by atoms with van der Waals surface area (Å²) in [5, 5.41) is 13.2. The number of rotatable bonds is 5. The van der Waals surface area contributed by atoms with Crippen molar-refractivity contribution in [3.63, 3.8) is 0 Å². The van der Waals surface area contributed by atoms with E-state index in [0.29, 0.717) is 24.0 Å². The molecule has 6 rings (SSSR count). The molecule has 0 bridgehead atoms. The van der Waals surface area contributed by atoms with Crippen LogP contribution < -0.4 is 5.32 Å². The number of Topliss-reactive ketones (excluding diaryl/α,β-unsaturated/α-hetero) is 1. The quantitative estimate of drug-likeness (QED) is 0.352. The summed E-state index contributed by atoms with van der Waals surface area (Å²) in [7, 11) is 1.61. The molecule has 0 radical (unpaired) electrons. The van der Waals surface area contributed by atoms with Crippen LogP contribution in [0.3, 0.4) is 0 Å². The number of hydrogen-bond donors (Lipinski definition) is 2. The molecule has 5 aromatic rings. The van der Waals surface area contributed by atoms with Gasteiger partial charge in [-0.1, -0.05) is 47.7 Å². The van der Waals surface area contributed by atoms with E-state index in [4.69, 9.17) is 4.98 Å². The second-order valence-electron chi connectivity index (χ2n) is 8.92. The van der Waals surface area contributed by atoms with Crippen LogP contribution in [0.1, 0.15) is 44.2 Å². The molecule has 2 atom stereocenters. The van der Waals surface area contributed by atoms with E-state index in [9.17, 15) is 14.7 Å². The molecule has 1 aliphatic carbocycles. The molecule has 3 aromatic carbocycles. The lowest BCUT2D eigenvalue weighted by atomic mass is 9.92. The Bertz CT molecular complexity index is 1600. The number of imidazole rings is 1. The van der Waals surface area contributed by atoms with Gasteiger partial charge in [0.05, 0.1) is 22.0 Å². The van der Waals surface area contributed by atoms with Crippen LogP contribution in [0.15, 0.2) is 72.9 Å². The predicted octanol–water partition coefficient (Wildman–Crippen LogP) is 4.85. The third-order valence-corrected chi connectivity index (χ3v) is 7.86. The maximum Gasteiger partial charge on any atom is 0.251 e. The zero-order valence-corrected chi connectivity index (χ0v) is 19.9. The number of ketones is 1. The molecule has 0 spiro atoms. The lowest BCUT2D eigenvalue weighted by Gasteiger charge is -2.15. The second-order valence-corrected chi connectivity index (χ2v) is 9.93. The zero-order valence-electron chi connectivity index (χ0n) is 19.1. The number of aliphatic hydroxyl groups excluding tert-OH is 1. The van der Waals surface area contributed by atoms with Crippen molar-refractivity contribution in [3.05, 3.63) is 95.2 Å². The van der Waals surface area contributed by atoms with Gasteiger partial charge in [-0.3, -0.25) is 14.0 Å². The molecule has 0 fully saturated rings. The molecule has 1 amide bonds. The summed E-state index contributed by atoms with van der Waals surface area (Å²) >= 11 is 1.54. The number of carbonyl (C=O) groups excluding carboxylic acids is 2. The standard InChI is InChI=1S/C28H23N3O3S/c1-29-27(34)17-8-6-16(7-9-17)22-15-31-23-11-10-19(13-26(23)35-28(31)30-22)24(32)14-21-20-5-3-2-4-18(20)12-25(21)33/h2-11,13,15,21,25,33H,12,14H2,1H3,(H,29,34)/t21-,25+/m0/s1. The molecular formula is C28H23N3O3S. The molecule has 0 saturated carbocycles. The van der Waals surface area contributed by atoms with Gasteiger partial charge in [0.25, 0.3) is 5.91 Å². The minimum atomic E-state index is -0.519. The van der Waals surface area contributed by atoms with Crippen LogP contribution in [0, 0.1) is 0 Å². The second kappa shape index (κ2) is 8.45. The Hall–Kier alpha value is -3.81. The molecule has 0 saturated heterocycles. The van der Waals surface area contributed by atoms with E-state index in [2.05, 4.69) is 5.32 Å². The van der Waals surface area contributed by atoms with Crippen LogP contribution in [-0.4, -0.2) is 39.3 Å². The first kappa shape index (κ1) is 21.7. The molecule has 0 unspecified atom stereocenters. The van der Waals surface area contributed by atoms with Crippen LogP contribution in [0.25, 0.3) is 26.4 Å². The molecule has 2 heterocycles. The number of hydrogen-bond acceptors (Lipinski definition) is 5. The normalized spacial score (nSPS) is 17.1. The summed E-state index contributed by atoms with van der Waals surface area (Å²) < 4.78 is 3.03. The van der Waals surface area contributed by atoms with Gasteiger partial charge in [0.2, 0.25) is 0 Å². The molecule has 6 nitrogen and oxygen atoms in total. The fraction of sp³-hybridized carbons (Fsp3) is 0.179. The summed E-state index contributed by atoms with van der Waals surface area (Å²) in [6.45, 7) is 0. The van der Waals surface area contributed by atoms with E-state index < -0.39 is 6.10 Å². The number of aromatic nitrogens is 2. The molecule has 35 heavy (non-hydrogen) atoms. The van der Waals surface area contributed by atoms with Crippen molar-refractivity contribution in [3.8, 4) is 11.3 Å². The number of amides is 1. The van der Waals surface area contributed by atoms with Crippen LogP contribution in [0.5, 0.6) is 0 Å². The van der Waals surface area contributed by atoms with E-state index in [0.717, 1.165) is 37.6 Å².